The minimum absolute atomic E-state index is 0.00888. The van der Waals surface area contributed by atoms with Crippen LogP contribution in [0.15, 0.2) is 30.3 Å². The van der Waals surface area contributed by atoms with Gasteiger partial charge in [-0.05, 0) is 56.7 Å². The van der Waals surface area contributed by atoms with Gasteiger partial charge in [0.15, 0.2) is 0 Å². The van der Waals surface area contributed by atoms with E-state index in [0.29, 0.717) is 24.8 Å². The molecule has 5 nitrogen and oxygen atoms in total. The zero-order valence-corrected chi connectivity index (χ0v) is 14.8. The van der Waals surface area contributed by atoms with Gasteiger partial charge in [-0.25, -0.2) is 0 Å². The van der Waals surface area contributed by atoms with E-state index in [-0.39, 0.29) is 11.8 Å². The summed E-state index contributed by atoms with van der Waals surface area (Å²) in [5.41, 5.74) is 1.07. The standard InChI is InChI=1S/C20H29N3O2/c24-19(9-6-15-10-12-21-13-11-15)23-18(20(25)22-17-7-8-17)14-16-4-2-1-3-5-16/h1-5,15,17-18,21H,6-14H2,(H,22,25)(H,23,24). The Kier molecular flexibility index (Phi) is 6.45. The van der Waals surface area contributed by atoms with Crippen LogP contribution in [0.5, 0.6) is 0 Å². The largest absolute Gasteiger partial charge is 0.352 e. The summed E-state index contributed by atoms with van der Waals surface area (Å²) in [6, 6.07) is 9.70. The van der Waals surface area contributed by atoms with Gasteiger partial charge in [-0.15, -0.1) is 0 Å². The molecule has 3 rings (SSSR count). The van der Waals surface area contributed by atoms with Crippen molar-refractivity contribution in [1.82, 2.24) is 16.0 Å². The van der Waals surface area contributed by atoms with Crippen molar-refractivity contribution in [1.29, 1.82) is 0 Å². The van der Waals surface area contributed by atoms with E-state index in [0.717, 1.165) is 50.8 Å². The van der Waals surface area contributed by atoms with E-state index < -0.39 is 6.04 Å². The fraction of sp³-hybridized carbons (Fsp3) is 0.600. The van der Waals surface area contributed by atoms with Gasteiger partial charge in [0.25, 0.3) is 0 Å². The number of hydrogen-bond donors (Lipinski definition) is 3. The molecule has 1 saturated heterocycles. The molecule has 136 valence electrons. The van der Waals surface area contributed by atoms with E-state index >= 15 is 0 Å². The number of carbonyl (C=O) groups is 2. The van der Waals surface area contributed by atoms with E-state index in [9.17, 15) is 9.59 Å². The van der Waals surface area contributed by atoms with Crippen LogP contribution < -0.4 is 16.0 Å². The molecular weight excluding hydrogens is 314 g/mol. The summed E-state index contributed by atoms with van der Waals surface area (Å²) in [7, 11) is 0. The first kappa shape index (κ1) is 17.9. The molecule has 0 bridgehead atoms. The Morgan fingerprint density at radius 2 is 1.80 bits per heavy atom. The first-order valence-corrected chi connectivity index (χ1v) is 9.55. The molecule has 2 amide bonds. The van der Waals surface area contributed by atoms with Gasteiger partial charge in [-0.2, -0.15) is 0 Å². The molecule has 1 atom stereocenters. The second-order valence-corrected chi connectivity index (χ2v) is 7.32. The highest BCUT2D eigenvalue weighted by atomic mass is 16.2. The second-order valence-electron chi connectivity index (χ2n) is 7.32. The molecule has 1 heterocycles. The lowest BCUT2D eigenvalue weighted by atomic mass is 9.93. The molecular formula is C20H29N3O2. The molecule has 0 radical (unpaired) electrons. The Labute approximate surface area is 150 Å². The van der Waals surface area contributed by atoms with Crippen molar-refractivity contribution in [2.24, 2.45) is 5.92 Å². The molecule has 2 fully saturated rings. The van der Waals surface area contributed by atoms with E-state index in [2.05, 4.69) is 16.0 Å². The summed E-state index contributed by atoms with van der Waals surface area (Å²) in [5, 5.41) is 9.34. The average molecular weight is 343 g/mol. The van der Waals surface area contributed by atoms with Crippen LogP contribution in [0.3, 0.4) is 0 Å². The fourth-order valence-corrected chi connectivity index (χ4v) is 3.36. The highest BCUT2D eigenvalue weighted by Gasteiger charge is 2.28. The molecule has 1 aromatic rings. The normalized spacial score (nSPS) is 19.2. The third-order valence-electron chi connectivity index (χ3n) is 5.10. The zero-order valence-electron chi connectivity index (χ0n) is 14.8. The van der Waals surface area contributed by atoms with Crippen LogP contribution in [0.1, 0.15) is 44.1 Å². The number of amides is 2. The lowest BCUT2D eigenvalue weighted by Gasteiger charge is -2.23. The van der Waals surface area contributed by atoms with Gasteiger partial charge >= 0.3 is 0 Å². The molecule has 1 aromatic carbocycles. The van der Waals surface area contributed by atoms with Crippen molar-refractivity contribution >= 4 is 11.8 Å². The van der Waals surface area contributed by atoms with Crippen LogP contribution in [-0.4, -0.2) is 37.0 Å². The minimum atomic E-state index is -0.483. The summed E-state index contributed by atoms with van der Waals surface area (Å²) in [6.07, 6.45) is 6.34. The van der Waals surface area contributed by atoms with E-state index in [1.165, 1.54) is 0 Å². The maximum absolute atomic E-state index is 12.5. The summed E-state index contributed by atoms with van der Waals surface area (Å²) < 4.78 is 0. The summed E-state index contributed by atoms with van der Waals surface area (Å²) in [5.74, 6) is 0.562. The van der Waals surface area contributed by atoms with E-state index in [4.69, 9.17) is 0 Å². The summed E-state index contributed by atoms with van der Waals surface area (Å²) in [4.78, 5) is 24.9. The van der Waals surface area contributed by atoms with Gasteiger partial charge in [0.1, 0.15) is 6.04 Å². The lowest BCUT2D eigenvalue weighted by molar-refractivity contribution is -0.129. The van der Waals surface area contributed by atoms with Crippen LogP contribution in [0, 0.1) is 5.92 Å². The predicted octanol–water partition coefficient (Wildman–Crippen LogP) is 1.77. The average Bonchev–Trinajstić information content (AvgIpc) is 3.45. The van der Waals surface area contributed by atoms with Crippen LogP contribution in [0.4, 0.5) is 0 Å². The van der Waals surface area contributed by atoms with Gasteiger partial charge in [0.2, 0.25) is 11.8 Å². The van der Waals surface area contributed by atoms with E-state index in [1.54, 1.807) is 0 Å². The van der Waals surface area contributed by atoms with Crippen LogP contribution >= 0.6 is 0 Å². The lowest BCUT2D eigenvalue weighted by Crippen LogP contribution is -2.48. The maximum atomic E-state index is 12.5. The SMILES string of the molecule is O=C(CCC1CCNCC1)NC(Cc1ccccc1)C(=O)NC1CC1. The zero-order chi connectivity index (χ0) is 17.5. The van der Waals surface area contributed by atoms with Gasteiger partial charge < -0.3 is 16.0 Å². The van der Waals surface area contributed by atoms with Gasteiger partial charge in [0, 0.05) is 18.9 Å². The third-order valence-corrected chi connectivity index (χ3v) is 5.10. The number of hydrogen-bond acceptors (Lipinski definition) is 3. The molecule has 1 saturated carbocycles. The molecule has 25 heavy (non-hydrogen) atoms. The number of nitrogens with one attached hydrogen (secondary N) is 3. The Bertz CT molecular complexity index is 566. The number of benzene rings is 1. The molecule has 2 aliphatic rings. The Morgan fingerprint density at radius 3 is 2.48 bits per heavy atom. The molecule has 1 aliphatic carbocycles. The number of piperidine rings is 1. The Balaban J connectivity index is 1.52. The first-order valence-electron chi connectivity index (χ1n) is 9.55. The number of carbonyl (C=O) groups excluding carboxylic acids is 2. The van der Waals surface area contributed by atoms with Crippen molar-refractivity contribution in [2.45, 2.75) is 57.0 Å². The minimum Gasteiger partial charge on any atom is -0.352 e. The van der Waals surface area contributed by atoms with Gasteiger partial charge in [-0.3, -0.25) is 9.59 Å². The van der Waals surface area contributed by atoms with Crippen LogP contribution in [-0.2, 0) is 16.0 Å². The summed E-state index contributed by atoms with van der Waals surface area (Å²) >= 11 is 0. The van der Waals surface area contributed by atoms with Crippen LogP contribution in [0.25, 0.3) is 0 Å². The van der Waals surface area contributed by atoms with Gasteiger partial charge in [-0.1, -0.05) is 30.3 Å². The van der Waals surface area contributed by atoms with Crippen molar-refractivity contribution in [2.75, 3.05) is 13.1 Å². The van der Waals surface area contributed by atoms with Crippen LogP contribution in [0.2, 0.25) is 0 Å². The van der Waals surface area contributed by atoms with Crippen molar-refractivity contribution in [3.63, 3.8) is 0 Å². The molecule has 1 aliphatic heterocycles. The second kappa shape index (κ2) is 8.99. The topological polar surface area (TPSA) is 70.2 Å². The fourth-order valence-electron chi connectivity index (χ4n) is 3.36. The highest BCUT2D eigenvalue weighted by Crippen LogP contribution is 2.19. The van der Waals surface area contributed by atoms with Crippen molar-refractivity contribution in [3.8, 4) is 0 Å². The summed E-state index contributed by atoms with van der Waals surface area (Å²) in [6.45, 7) is 2.10. The molecule has 1 unspecified atom stereocenters. The first-order chi connectivity index (χ1) is 12.2. The smallest absolute Gasteiger partial charge is 0.243 e. The molecule has 5 heteroatoms. The quantitative estimate of drug-likeness (QED) is 0.674. The molecule has 3 N–H and O–H groups in total. The monoisotopic (exact) mass is 343 g/mol. The Hall–Kier alpha value is -1.88. The Morgan fingerprint density at radius 1 is 1.08 bits per heavy atom. The number of rotatable bonds is 8. The molecule has 0 aromatic heterocycles. The van der Waals surface area contributed by atoms with E-state index in [1.807, 2.05) is 30.3 Å². The van der Waals surface area contributed by atoms with Crippen molar-refractivity contribution in [3.05, 3.63) is 35.9 Å². The maximum Gasteiger partial charge on any atom is 0.243 e. The third kappa shape index (κ3) is 6.16. The molecule has 0 spiro atoms. The highest BCUT2D eigenvalue weighted by molar-refractivity contribution is 5.88. The van der Waals surface area contributed by atoms with Gasteiger partial charge in [0.05, 0.1) is 0 Å². The predicted molar refractivity (Wildman–Crippen MR) is 98.1 cm³/mol. The van der Waals surface area contributed by atoms with Crippen molar-refractivity contribution < 1.29 is 9.59 Å².